The molecule has 1 aliphatic rings. The maximum Gasteiger partial charge on any atom is 0.306 e. The van der Waals surface area contributed by atoms with Crippen molar-refractivity contribution in [3.05, 3.63) is 54.1 Å². The lowest BCUT2D eigenvalue weighted by Crippen LogP contribution is -2.00. The molecule has 1 aliphatic carbocycles. The van der Waals surface area contributed by atoms with Gasteiger partial charge in [0.15, 0.2) is 0 Å². The Morgan fingerprint density at radius 1 is 1.17 bits per heavy atom. The van der Waals surface area contributed by atoms with E-state index in [4.69, 9.17) is 5.11 Å². The van der Waals surface area contributed by atoms with E-state index in [1.807, 2.05) is 11.8 Å². The Balaban J connectivity index is 1.61. The van der Waals surface area contributed by atoms with Crippen molar-refractivity contribution < 1.29 is 9.90 Å². The van der Waals surface area contributed by atoms with Gasteiger partial charge in [0.25, 0.3) is 0 Å². The van der Waals surface area contributed by atoms with Gasteiger partial charge in [0.05, 0.1) is 5.92 Å². The third kappa shape index (κ3) is 4.17. The summed E-state index contributed by atoms with van der Waals surface area (Å²) in [6.07, 6.45) is 2.81. The van der Waals surface area contributed by atoms with E-state index in [0.29, 0.717) is 5.92 Å². The van der Waals surface area contributed by atoms with Crippen molar-refractivity contribution in [1.82, 2.24) is 0 Å². The molecule has 23 heavy (non-hydrogen) atoms. The molecule has 0 heterocycles. The van der Waals surface area contributed by atoms with Gasteiger partial charge in [-0.2, -0.15) is 0 Å². The first-order valence-corrected chi connectivity index (χ1v) is 9.21. The van der Waals surface area contributed by atoms with Gasteiger partial charge in [-0.05, 0) is 59.8 Å². The molecule has 2 aromatic carbocycles. The molecule has 0 aliphatic heterocycles. The third-order valence-electron chi connectivity index (χ3n) is 4.48. The number of thioether (sulfide) groups is 1. The van der Waals surface area contributed by atoms with Gasteiger partial charge in [-0.3, -0.25) is 4.79 Å². The van der Waals surface area contributed by atoms with Gasteiger partial charge in [0, 0.05) is 4.90 Å². The zero-order valence-corrected chi connectivity index (χ0v) is 14.2. The van der Waals surface area contributed by atoms with Crippen LogP contribution in [0.2, 0.25) is 0 Å². The van der Waals surface area contributed by atoms with E-state index in [0.717, 1.165) is 25.0 Å². The van der Waals surface area contributed by atoms with Crippen molar-refractivity contribution in [2.75, 3.05) is 5.75 Å². The summed E-state index contributed by atoms with van der Waals surface area (Å²) < 4.78 is 0. The van der Waals surface area contributed by atoms with Gasteiger partial charge in [-0.15, -0.1) is 11.8 Å². The zero-order valence-electron chi connectivity index (χ0n) is 13.4. The van der Waals surface area contributed by atoms with E-state index in [1.54, 1.807) is 0 Å². The highest BCUT2D eigenvalue weighted by atomic mass is 32.2. The smallest absolute Gasteiger partial charge is 0.306 e. The molecular weight excluding hydrogens is 304 g/mol. The maximum atomic E-state index is 10.9. The molecule has 3 rings (SSSR count). The molecule has 1 fully saturated rings. The van der Waals surface area contributed by atoms with Crippen molar-refractivity contribution >= 4 is 17.7 Å². The van der Waals surface area contributed by atoms with Crippen LogP contribution >= 0.6 is 11.8 Å². The van der Waals surface area contributed by atoms with Crippen molar-refractivity contribution in [2.24, 2.45) is 11.8 Å². The molecule has 0 radical (unpaired) electrons. The predicted molar refractivity (Wildman–Crippen MR) is 95.8 cm³/mol. The average molecular weight is 326 g/mol. The molecule has 0 amide bonds. The van der Waals surface area contributed by atoms with Crippen molar-refractivity contribution in [1.29, 1.82) is 0 Å². The molecular formula is C20H22O2S. The number of hydrogen-bond acceptors (Lipinski definition) is 2. The number of carboxylic acids is 1. The average Bonchev–Trinajstić information content (AvgIpc) is 3.34. The van der Waals surface area contributed by atoms with E-state index >= 15 is 0 Å². The Morgan fingerprint density at radius 2 is 1.96 bits per heavy atom. The molecule has 2 unspecified atom stereocenters. The lowest BCUT2D eigenvalue weighted by molar-refractivity contribution is -0.138. The van der Waals surface area contributed by atoms with Gasteiger partial charge in [-0.1, -0.05) is 43.3 Å². The van der Waals surface area contributed by atoms with Crippen LogP contribution in [-0.4, -0.2) is 16.8 Å². The van der Waals surface area contributed by atoms with Gasteiger partial charge in [0.2, 0.25) is 0 Å². The highest BCUT2D eigenvalue weighted by molar-refractivity contribution is 7.99. The van der Waals surface area contributed by atoms with Crippen LogP contribution in [0.25, 0.3) is 11.1 Å². The number of benzene rings is 2. The number of rotatable bonds is 7. The first kappa shape index (κ1) is 16.1. The predicted octanol–water partition coefficient (Wildman–Crippen LogP) is 5.12. The summed E-state index contributed by atoms with van der Waals surface area (Å²) >= 11 is 1.86. The molecule has 0 saturated heterocycles. The van der Waals surface area contributed by atoms with Gasteiger partial charge in [0.1, 0.15) is 0 Å². The SMILES string of the molecule is CCSc1cccc(-c2ccc(CCC3CC3C(=O)O)cc2)c1. The Hall–Kier alpha value is -1.74. The summed E-state index contributed by atoms with van der Waals surface area (Å²) in [5.41, 5.74) is 3.79. The van der Waals surface area contributed by atoms with E-state index < -0.39 is 5.97 Å². The van der Waals surface area contributed by atoms with Crippen LogP contribution in [0.15, 0.2) is 53.4 Å². The first-order valence-electron chi connectivity index (χ1n) is 8.22. The zero-order chi connectivity index (χ0) is 16.2. The molecule has 0 bridgehead atoms. The number of hydrogen-bond donors (Lipinski definition) is 1. The molecule has 120 valence electrons. The molecule has 2 aromatic rings. The Kier molecular flexibility index (Phi) is 5.06. The Bertz CT molecular complexity index is 678. The highest BCUT2D eigenvalue weighted by Gasteiger charge is 2.42. The molecule has 3 heteroatoms. The minimum atomic E-state index is -0.629. The number of aryl methyl sites for hydroxylation is 1. The van der Waals surface area contributed by atoms with E-state index in [1.165, 1.54) is 21.6 Å². The molecule has 1 N–H and O–H groups in total. The Morgan fingerprint density at radius 3 is 2.61 bits per heavy atom. The van der Waals surface area contributed by atoms with Crippen LogP contribution in [0.4, 0.5) is 0 Å². The second-order valence-electron chi connectivity index (χ2n) is 6.14. The summed E-state index contributed by atoms with van der Waals surface area (Å²) in [5.74, 6) is 0.749. The second kappa shape index (κ2) is 7.22. The summed E-state index contributed by atoms with van der Waals surface area (Å²) in [4.78, 5) is 12.2. The summed E-state index contributed by atoms with van der Waals surface area (Å²) in [5, 5.41) is 8.94. The standard InChI is InChI=1S/C20H22O2S/c1-2-23-18-5-3-4-16(12-18)15-9-6-14(7-10-15)8-11-17-13-19(17)20(21)22/h3-7,9-10,12,17,19H,2,8,11,13H2,1H3,(H,21,22). The van der Waals surface area contributed by atoms with Crippen LogP contribution in [0, 0.1) is 11.8 Å². The summed E-state index contributed by atoms with van der Waals surface area (Å²) in [7, 11) is 0. The van der Waals surface area contributed by atoms with Crippen LogP contribution in [-0.2, 0) is 11.2 Å². The molecule has 2 atom stereocenters. The fraction of sp³-hybridized carbons (Fsp3) is 0.350. The summed E-state index contributed by atoms with van der Waals surface area (Å²) in [6.45, 7) is 2.17. The van der Waals surface area contributed by atoms with Crippen molar-refractivity contribution in [2.45, 2.75) is 31.1 Å². The number of aliphatic carboxylic acids is 1. The Labute approximate surface area is 141 Å². The van der Waals surface area contributed by atoms with Crippen LogP contribution < -0.4 is 0 Å². The summed E-state index contributed by atoms with van der Waals surface area (Å²) in [6, 6.07) is 17.3. The molecule has 2 nitrogen and oxygen atoms in total. The van der Waals surface area contributed by atoms with Gasteiger partial charge in [-0.25, -0.2) is 0 Å². The van der Waals surface area contributed by atoms with Crippen LogP contribution in [0.3, 0.4) is 0 Å². The fourth-order valence-electron chi connectivity index (χ4n) is 3.02. The second-order valence-corrected chi connectivity index (χ2v) is 7.47. The van der Waals surface area contributed by atoms with Crippen molar-refractivity contribution in [3.8, 4) is 11.1 Å². The topological polar surface area (TPSA) is 37.3 Å². The highest BCUT2D eigenvalue weighted by Crippen LogP contribution is 2.42. The first-order chi connectivity index (χ1) is 11.2. The van der Waals surface area contributed by atoms with Gasteiger partial charge < -0.3 is 5.11 Å². The van der Waals surface area contributed by atoms with Crippen LogP contribution in [0.5, 0.6) is 0 Å². The number of carboxylic acid groups (broad SMARTS) is 1. The van der Waals surface area contributed by atoms with Crippen molar-refractivity contribution in [3.63, 3.8) is 0 Å². The van der Waals surface area contributed by atoms with E-state index in [2.05, 4.69) is 55.5 Å². The van der Waals surface area contributed by atoms with Gasteiger partial charge >= 0.3 is 5.97 Å². The lowest BCUT2D eigenvalue weighted by atomic mass is 10.0. The van der Waals surface area contributed by atoms with E-state index in [-0.39, 0.29) is 5.92 Å². The lowest BCUT2D eigenvalue weighted by Gasteiger charge is -2.06. The fourth-order valence-corrected chi connectivity index (χ4v) is 3.74. The minimum Gasteiger partial charge on any atom is -0.481 e. The number of carbonyl (C=O) groups is 1. The normalized spacial score (nSPS) is 19.5. The monoisotopic (exact) mass is 326 g/mol. The molecule has 0 spiro atoms. The van der Waals surface area contributed by atoms with Crippen LogP contribution in [0.1, 0.15) is 25.3 Å². The maximum absolute atomic E-state index is 10.9. The molecule has 0 aromatic heterocycles. The quantitative estimate of drug-likeness (QED) is 0.718. The van der Waals surface area contributed by atoms with E-state index in [9.17, 15) is 4.79 Å². The largest absolute Gasteiger partial charge is 0.481 e. The third-order valence-corrected chi connectivity index (χ3v) is 5.35. The minimum absolute atomic E-state index is 0.0897. The molecule has 1 saturated carbocycles.